The van der Waals surface area contributed by atoms with Crippen molar-refractivity contribution in [2.45, 2.75) is 39.1 Å². The summed E-state index contributed by atoms with van der Waals surface area (Å²) in [7, 11) is 3.15. The second-order valence-corrected chi connectivity index (χ2v) is 9.65. The van der Waals surface area contributed by atoms with Crippen molar-refractivity contribution in [1.29, 1.82) is 0 Å². The minimum absolute atomic E-state index is 0.0617. The Bertz CT molecular complexity index is 1010. The summed E-state index contributed by atoms with van der Waals surface area (Å²) >= 11 is 1.27. The van der Waals surface area contributed by atoms with Gasteiger partial charge in [0, 0.05) is 23.4 Å². The molecule has 7 nitrogen and oxygen atoms in total. The van der Waals surface area contributed by atoms with Crippen LogP contribution in [-0.4, -0.2) is 55.7 Å². The van der Waals surface area contributed by atoms with Gasteiger partial charge in [-0.2, -0.15) is 0 Å². The summed E-state index contributed by atoms with van der Waals surface area (Å²) in [6, 6.07) is 12.5. The van der Waals surface area contributed by atoms with Crippen molar-refractivity contribution in [3.63, 3.8) is 0 Å². The first-order valence-corrected chi connectivity index (χ1v) is 12.0. The second-order valence-electron chi connectivity index (χ2n) is 8.63. The van der Waals surface area contributed by atoms with Gasteiger partial charge in [-0.25, -0.2) is 4.79 Å². The van der Waals surface area contributed by atoms with Crippen molar-refractivity contribution < 1.29 is 28.6 Å². The van der Waals surface area contributed by atoms with E-state index in [1.54, 1.807) is 64.2 Å². The first-order valence-electron chi connectivity index (χ1n) is 11.0. The molecule has 8 heteroatoms. The average Bonchev–Trinajstić information content (AvgIpc) is 2.83. The molecule has 0 radical (unpaired) electrons. The van der Waals surface area contributed by atoms with Crippen LogP contribution in [-0.2, 0) is 20.9 Å². The molecule has 0 aromatic heterocycles. The van der Waals surface area contributed by atoms with Gasteiger partial charge in [0.1, 0.15) is 0 Å². The average molecular weight is 488 g/mol. The molecule has 0 atom stereocenters. The number of ether oxygens (including phenoxy) is 3. The molecule has 2 rings (SSSR count). The molecule has 0 bridgehead atoms. The quantitative estimate of drug-likeness (QED) is 0.338. The van der Waals surface area contributed by atoms with Gasteiger partial charge in [-0.1, -0.05) is 39.0 Å². The summed E-state index contributed by atoms with van der Waals surface area (Å²) in [5.41, 5.74) is 0.675. The third-order valence-electron chi connectivity index (χ3n) is 5.18. The van der Waals surface area contributed by atoms with Crippen LogP contribution in [0.3, 0.4) is 0 Å². The molecule has 0 aliphatic rings. The van der Waals surface area contributed by atoms with Crippen molar-refractivity contribution in [3.8, 4) is 11.5 Å². The predicted octanol–water partition coefficient (Wildman–Crippen LogP) is 4.62. The summed E-state index contributed by atoms with van der Waals surface area (Å²) < 4.78 is 15.9. The molecule has 0 spiro atoms. The molecule has 0 aliphatic carbocycles. The van der Waals surface area contributed by atoms with E-state index in [0.29, 0.717) is 35.0 Å². The molecule has 0 saturated carbocycles. The molecule has 2 aromatic rings. The summed E-state index contributed by atoms with van der Waals surface area (Å²) in [6.07, 6.45) is 0. The Hall–Kier alpha value is -3.00. The van der Waals surface area contributed by atoms with E-state index < -0.39 is 11.4 Å². The van der Waals surface area contributed by atoms with E-state index in [9.17, 15) is 14.4 Å². The van der Waals surface area contributed by atoms with E-state index in [2.05, 4.69) is 0 Å². The Morgan fingerprint density at radius 1 is 0.971 bits per heavy atom. The molecule has 2 aromatic carbocycles. The number of amides is 1. The Kier molecular flexibility index (Phi) is 9.98. The third-order valence-corrected chi connectivity index (χ3v) is 6.24. The van der Waals surface area contributed by atoms with Crippen LogP contribution in [0.4, 0.5) is 0 Å². The Morgan fingerprint density at radius 3 is 2.26 bits per heavy atom. The lowest BCUT2D eigenvalue weighted by atomic mass is 9.91. The summed E-state index contributed by atoms with van der Waals surface area (Å²) in [4.78, 5) is 40.0. The van der Waals surface area contributed by atoms with E-state index in [4.69, 9.17) is 14.2 Å². The van der Waals surface area contributed by atoms with Crippen molar-refractivity contribution in [1.82, 2.24) is 4.90 Å². The number of carbonyl (C=O) groups excluding carboxylic acids is 3. The van der Waals surface area contributed by atoms with Crippen LogP contribution in [0.25, 0.3) is 0 Å². The van der Waals surface area contributed by atoms with Crippen molar-refractivity contribution in [2.24, 2.45) is 5.41 Å². The molecule has 0 heterocycles. The zero-order valence-electron chi connectivity index (χ0n) is 20.7. The zero-order valence-corrected chi connectivity index (χ0v) is 21.5. The van der Waals surface area contributed by atoms with E-state index >= 15 is 0 Å². The molecule has 0 aliphatic heterocycles. The number of rotatable bonds is 11. The van der Waals surface area contributed by atoms with Gasteiger partial charge in [0.25, 0.3) is 0 Å². The van der Waals surface area contributed by atoms with Crippen LogP contribution in [0.15, 0.2) is 47.4 Å². The van der Waals surface area contributed by atoms with Gasteiger partial charge in [0.15, 0.2) is 23.9 Å². The van der Waals surface area contributed by atoms with Crippen LogP contribution in [0.2, 0.25) is 0 Å². The van der Waals surface area contributed by atoms with E-state index in [1.165, 1.54) is 11.8 Å². The van der Waals surface area contributed by atoms with Gasteiger partial charge in [-0.15, -0.1) is 11.8 Å². The molecule has 1 amide bonds. The van der Waals surface area contributed by atoms with E-state index in [-0.39, 0.29) is 24.1 Å². The number of hydrogen-bond donors (Lipinski definition) is 0. The van der Waals surface area contributed by atoms with Crippen LogP contribution in [0, 0.1) is 5.41 Å². The maximum Gasteiger partial charge on any atom is 0.339 e. The molecule has 184 valence electrons. The number of hydrogen-bond acceptors (Lipinski definition) is 7. The maximum atomic E-state index is 12.9. The fraction of sp³-hybridized carbons (Fsp3) is 0.423. The second kappa shape index (κ2) is 12.5. The zero-order chi connectivity index (χ0) is 25.3. The van der Waals surface area contributed by atoms with Crippen LogP contribution >= 0.6 is 11.8 Å². The van der Waals surface area contributed by atoms with Gasteiger partial charge in [-0.3, -0.25) is 9.59 Å². The SMILES string of the molecule is CCN(Cc1ccc(OC)c(OC)c1)C(=O)CSc1ccccc1C(=O)OCC(=O)C(C)(C)C. The van der Waals surface area contributed by atoms with Crippen molar-refractivity contribution in [3.05, 3.63) is 53.6 Å². The van der Waals surface area contributed by atoms with Crippen molar-refractivity contribution >= 4 is 29.4 Å². The molecule has 0 fully saturated rings. The standard InChI is InChI=1S/C26H33NO6S/c1-7-27(15-18-12-13-20(31-5)21(14-18)32-6)24(29)17-34-22-11-9-8-10-19(22)25(30)33-16-23(28)26(2,3)4/h8-14H,7,15-17H2,1-6H3. The molecular weight excluding hydrogens is 454 g/mol. The molecule has 34 heavy (non-hydrogen) atoms. The number of Topliss-reactive ketones (excluding diaryl/α,β-unsaturated/α-hetero) is 1. The number of thioether (sulfide) groups is 1. The first kappa shape index (κ1) is 27.2. The number of nitrogens with zero attached hydrogens (tertiary/aromatic N) is 1. The molecule has 0 unspecified atom stereocenters. The van der Waals surface area contributed by atoms with Crippen molar-refractivity contribution in [2.75, 3.05) is 33.1 Å². The minimum Gasteiger partial charge on any atom is -0.493 e. The normalized spacial score (nSPS) is 11.0. The summed E-state index contributed by atoms with van der Waals surface area (Å²) in [5, 5.41) is 0. The highest BCUT2D eigenvalue weighted by atomic mass is 32.2. The monoisotopic (exact) mass is 487 g/mol. The highest BCUT2D eigenvalue weighted by Crippen LogP contribution is 2.29. The lowest BCUT2D eigenvalue weighted by Crippen LogP contribution is -2.31. The molecular formula is C26H33NO6S. The number of methoxy groups -OCH3 is 2. The first-order chi connectivity index (χ1) is 16.1. The minimum atomic E-state index is -0.585. The lowest BCUT2D eigenvalue weighted by molar-refractivity contribution is -0.129. The van der Waals surface area contributed by atoms with Gasteiger partial charge < -0.3 is 19.1 Å². The highest BCUT2D eigenvalue weighted by molar-refractivity contribution is 8.00. The van der Waals surface area contributed by atoms with Crippen LogP contribution in [0.1, 0.15) is 43.6 Å². The fourth-order valence-corrected chi connectivity index (χ4v) is 3.94. The topological polar surface area (TPSA) is 82.1 Å². The summed E-state index contributed by atoms with van der Waals surface area (Å²) in [6.45, 7) is 7.93. The molecule has 0 saturated heterocycles. The van der Waals surface area contributed by atoms with Gasteiger partial charge in [-0.05, 0) is 36.8 Å². The van der Waals surface area contributed by atoms with Crippen LogP contribution in [0.5, 0.6) is 11.5 Å². The van der Waals surface area contributed by atoms with E-state index in [0.717, 1.165) is 5.56 Å². The van der Waals surface area contributed by atoms with Gasteiger partial charge in [0.2, 0.25) is 5.91 Å². The Balaban J connectivity index is 2.03. The smallest absolute Gasteiger partial charge is 0.339 e. The third kappa shape index (κ3) is 7.52. The number of esters is 1. The largest absolute Gasteiger partial charge is 0.493 e. The Labute approximate surface area is 205 Å². The fourth-order valence-electron chi connectivity index (χ4n) is 2.99. The van der Waals surface area contributed by atoms with Gasteiger partial charge in [0.05, 0.1) is 25.5 Å². The number of ketones is 1. The van der Waals surface area contributed by atoms with Gasteiger partial charge >= 0.3 is 5.97 Å². The number of benzene rings is 2. The van der Waals surface area contributed by atoms with Crippen LogP contribution < -0.4 is 9.47 Å². The summed E-state index contributed by atoms with van der Waals surface area (Å²) in [5.74, 6) is 0.597. The lowest BCUT2D eigenvalue weighted by Gasteiger charge is -2.22. The number of carbonyl (C=O) groups is 3. The molecule has 0 N–H and O–H groups in total. The Morgan fingerprint density at radius 2 is 1.65 bits per heavy atom. The maximum absolute atomic E-state index is 12.9. The highest BCUT2D eigenvalue weighted by Gasteiger charge is 2.24. The van der Waals surface area contributed by atoms with E-state index in [1.807, 2.05) is 25.1 Å². The predicted molar refractivity (Wildman–Crippen MR) is 133 cm³/mol.